The average Bonchev–Trinajstić information content (AvgIpc) is 4.04. The number of ketones is 2. The van der Waals surface area contributed by atoms with Gasteiger partial charge in [0.1, 0.15) is 37.6 Å². The van der Waals surface area contributed by atoms with Crippen LogP contribution in [0.3, 0.4) is 0 Å². The molecule has 4 aliphatic rings. The first kappa shape index (κ1) is 76.5. The first-order chi connectivity index (χ1) is 40.1. The third-order valence-corrected chi connectivity index (χ3v) is 17.6. The maximum atomic E-state index is 13.0. The Kier molecular flexibility index (Phi) is 34.9. The molecule has 0 amide bonds. The molecule has 32 heteroatoms. The SMILES string of the molecule is CC1[C@H](OCC(=O)CCCCCCCO[C@@H]2C[C@@H](O)C(COP(=O)([O-])OCCCOP(=O)([O-])O[C@@H]3C[C@@H](OCCCCCCCC(=O)CO[C@@H]4OC(CO)[C@H](O)[C@H](O)C4C)OC3COP(=O)([O-])OCCCOC(C)(C)C)O2)OC(CO)[C@H](C)[C@@H]1O. The van der Waals surface area contributed by atoms with Crippen molar-refractivity contribution >= 4 is 35.0 Å². The van der Waals surface area contributed by atoms with Gasteiger partial charge in [-0.2, -0.15) is 0 Å². The standard InChI is InChI=1S/C53H99O29P3/c1-35-42(29-54)80-51(36(2)48(35)59)70-31-38(56)19-13-9-7-11-15-21-68-46-27-40(58)44(78-46)33-76-83(62,63)74-25-18-26-75-85(66,67)82-41-28-47(79-45(41)34-77-84(64,65)73-24-17-23-72-53(4,5)6)69-22-16-12-8-10-14-20-39(57)32-71-52-37(3)49(60)50(61)43(30-55)81-52/h35-37,40-52,54-55,58-61H,7-34H2,1-6H3,(H,62,63)(H,64,65)(H,66,67)/p-3/t35-,36?,37?,40+,41+,42?,43?,44?,45?,46-,47-,48-,49+,50-,51+,52+/m0/s1. The fraction of sp³-hybridized carbons (Fsp3) is 0.962. The van der Waals surface area contributed by atoms with Crippen LogP contribution in [0.15, 0.2) is 0 Å². The van der Waals surface area contributed by atoms with Crippen molar-refractivity contribution in [3.8, 4) is 0 Å². The normalized spacial score (nSPS) is 32.3. The number of aliphatic hydroxyl groups excluding tert-OH is 6. The Hall–Kier alpha value is -0.930. The third kappa shape index (κ3) is 29.5. The third-order valence-electron chi connectivity index (χ3n) is 14.7. The minimum atomic E-state index is -5.16. The highest BCUT2D eigenvalue weighted by molar-refractivity contribution is 7.46. The van der Waals surface area contributed by atoms with Crippen LogP contribution in [0, 0.1) is 17.8 Å². The average molecular weight is 1290 g/mol. The van der Waals surface area contributed by atoms with Crippen molar-refractivity contribution in [3.63, 3.8) is 0 Å². The summed E-state index contributed by atoms with van der Waals surface area (Å²) in [4.78, 5) is 63.0. The molecule has 0 aromatic carbocycles. The smallest absolute Gasteiger partial charge is 0.268 e. The molecule has 19 atom stereocenters. The lowest BCUT2D eigenvalue weighted by atomic mass is 9.86. The van der Waals surface area contributed by atoms with E-state index in [1.165, 1.54) is 0 Å². The number of unbranched alkanes of at least 4 members (excludes halogenated alkanes) is 8. The van der Waals surface area contributed by atoms with Crippen molar-refractivity contribution < 1.29 is 138 Å². The molecule has 500 valence electrons. The number of Topliss-reactive ketones (excluding diaryl/α,β-unsaturated/α-hetero) is 2. The van der Waals surface area contributed by atoms with E-state index in [1.54, 1.807) is 20.8 Å². The molecule has 0 aromatic heterocycles. The maximum absolute atomic E-state index is 13.0. The van der Waals surface area contributed by atoms with Gasteiger partial charge in [0.15, 0.2) is 36.7 Å². The Morgan fingerprint density at radius 1 is 0.482 bits per heavy atom. The van der Waals surface area contributed by atoms with Crippen LogP contribution < -0.4 is 14.7 Å². The van der Waals surface area contributed by atoms with Gasteiger partial charge < -0.3 is 115 Å². The van der Waals surface area contributed by atoms with Crippen molar-refractivity contribution in [1.82, 2.24) is 0 Å². The summed E-state index contributed by atoms with van der Waals surface area (Å²) in [6, 6.07) is 0. The van der Waals surface area contributed by atoms with Crippen molar-refractivity contribution in [3.05, 3.63) is 0 Å². The molecule has 4 heterocycles. The topological polar surface area (TPSA) is 414 Å². The lowest BCUT2D eigenvalue weighted by molar-refractivity contribution is -0.280. The van der Waals surface area contributed by atoms with Gasteiger partial charge in [0.2, 0.25) is 0 Å². The molecule has 9 unspecified atom stereocenters. The van der Waals surface area contributed by atoms with Crippen molar-refractivity contribution in [1.29, 1.82) is 0 Å². The largest absolute Gasteiger partial charge is 0.756 e. The highest BCUT2D eigenvalue weighted by Gasteiger charge is 2.44. The van der Waals surface area contributed by atoms with Gasteiger partial charge in [0, 0.05) is 63.3 Å². The highest BCUT2D eigenvalue weighted by Crippen LogP contribution is 2.46. The Bertz CT molecular complexity index is 2040. The molecule has 4 rings (SSSR count). The molecule has 4 fully saturated rings. The van der Waals surface area contributed by atoms with Gasteiger partial charge in [-0.15, -0.1) is 0 Å². The van der Waals surface area contributed by atoms with Crippen LogP contribution in [0.5, 0.6) is 0 Å². The van der Waals surface area contributed by atoms with E-state index in [1.807, 2.05) is 20.8 Å². The van der Waals surface area contributed by atoms with E-state index in [2.05, 4.69) is 0 Å². The van der Waals surface area contributed by atoms with Crippen molar-refractivity contribution in [2.45, 2.75) is 230 Å². The molecule has 4 saturated heterocycles. The van der Waals surface area contributed by atoms with Crippen LogP contribution in [-0.4, -0.2) is 207 Å². The highest BCUT2D eigenvalue weighted by atomic mass is 31.2. The molecule has 29 nitrogen and oxygen atoms in total. The van der Waals surface area contributed by atoms with Gasteiger partial charge in [0.05, 0.1) is 82.4 Å². The predicted molar refractivity (Wildman–Crippen MR) is 291 cm³/mol. The Labute approximate surface area is 499 Å². The van der Waals surface area contributed by atoms with E-state index < -0.39 is 148 Å². The molecule has 0 aromatic rings. The van der Waals surface area contributed by atoms with Gasteiger partial charge in [-0.1, -0.05) is 59.3 Å². The Morgan fingerprint density at radius 3 is 1.46 bits per heavy atom. The molecular formula is C53H96O29P3-3. The van der Waals surface area contributed by atoms with Crippen LogP contribution in [0.25, 0.3) is 0 Å². The Balaban J connectivity index is 1.09. The molecule has 85 heavy (non-hydrogen) atoms. The minimum Gasteiger partial charge on any atom is -0.756 e. The van der Waals surface area contributed by atoms with Crippen LogP contribution in [-0.2, 0) is 93.1 Å². The molecule has 0 bridgehead atoms. The summed E-state index contributed by atoms with van der Waals surface area (Å²) < 4.78 is 119. The first-order valence-corrected chi connectivity index (χ1v) is 34.0. The summed E-state index contributed by atoms with van der Waals surface area (Å²) in [6.45, 7) is 7.49. The molecule has 0 aliphatic carbocycles. The summed E-state index contributed by atoms with van der Waals surface area (Å²) in [5.74, 6) is -1.51. The molecule has 0 spiro atoms. The monoisotopic (exact) mass is 1290 g/mol. The van der Waals surface area contributed by atoms with Crippen molar-refractivity contribution in [2.75, 3.05) is 79.3 Å². The van der Waals surface area contributed by atoms with Gasteiger partial charge in [0.25, 0.3) is 23.5 Å². The second-order valence-electron chi connectivity index (χ2n) is 23.0. The molecular weight excluding hydrogens is 1190 g/mol. The molecule has 4 aliphatic heterocycles. The van der Waals surface area contributed by atoms with E-state index in [-0.39, 0.29) is 95.1 Å². The summed E-state index contributed by atoms with van der Waals surface area (Å²) >= 11 is 0. The second kappa shape index (κ2) is 38.8. The molecule has 0 radical (unpaired) electrons. The second-order valence-corrected chi connectivity index (χ2v) is 27.2. The van der Waals surface area contributed by atoms with E-state index in [0.29, 0.717) is 51.6 Å². The fourth-order valence-corrected chi connectivity index (χ4v) is 12.0. The summed E-state index contributed by atoms with van der Waals surface area (Å²) in [5.41, 5.74) is -0.446. The maximum Gasteiger partial charge on any atom is 0.268 e. The van der Waals surface area contributed by atoms with Crippen LogP contribution >= 0.6 is 23.5 Å². The quantitative estimate of drug-likeness (QED) is 0.0376. The number of phosphoric acid groups is 3. The van der Waals surface area contributed by atoms with Gasteiger partial charge >= 0.3 is 0 Å². The number of ether oxygens (including phenoxy) is 9. The number of rotatable bonds is 45. The summed E-state index contributed by atoms with van der Waals surface area (Å²) in [6.07, 6.45) is -5.73. The first-order valence-electron chi connectivity index (χ1n) is 29.7. The zero-order valence-corrected chi connectivity index (χ0v) is 52.6. The lowest BCUT2D eigenvalue weighted by Crippen LogP contribution is -2.55. The number of phosphoric ester groups is 3. The number of carbonyl (C=O) groups is 2. The number of hydrogen-bond acceptors (Lipinski definition) is 29. The van der Waals surface area contributed by atoms with Crippen LogP contribution in [0.1, 0.15) is 144 Å². The van der Waals surface area contributed by atoms with Gasteiger partial charge in [-0.3, -0.25) is 23.3 Å². The Morgan fingerprint density at radius 2 is 0.929 bits per heavy atom. The predicted octanol–water partition coefficient (Wildman–Crippen LogP) is 2.36. The van der Waals surface area contributed by atoms with Gasteiger partial charge in [-0.05, 0) is 59.3 Å². The van der Waals surface area contributed by atoms with Crippen LogP contribution in [0.4, 0.5) is 0 Å². The zero-order valence-electron chi connectivity index (χ0n) is 50.0. The number of hydrogen-bond donors (Lipinski definition) is 6. The zero-order chi connectivity index (χ0) is 62.8. The van der Waals surface area contributed by atoms with E-state index in [4.69, 9.17) is 69.8 Å². The van der Waals surface area contributed by atoms with Crippen LogP contribution in [0.2, 0.25) is 0 Å². The molecule has 6 N–H and O–H groups in total. The molecule has 0 saturated carbocycles. The van der Waals surface area contributed by atoms with E-state index in [9.17, 15) is 68.6 Å². The number of aliphatic hydroxyl groups is 6. The van der Waals surface area contributed by atoms with E-state index in [0.717, 1.165) is 25.7 Å². The van der Waals surface area contributed by atoms with E-state index >= 15 is 0 Å². The summed E-state index contributed by atoms with van der Waals surface area (Å²) in [5, 5.41) is 60.0. The van der Waals surface area contributed by atoms with Gasteiger partial charge in [-0.25, -0.2) is 0 Å². The van der Waals surface area contributed by atoms with Crippen molar-refractivity contribution in [2.24, 2.45) is 17.8 Å². The fourth-order valence-electron chi connectivity index (χ4n) is 9.54. The minimum absolute atomic E-state index is 0.0674. The lowest BCUT2D eigenvalue weighted by Gasteiger charge is -2.41. The number of carbonyl (C=O) groups excluding carboxylic acids is 2. The summed E-state index contributed by atoms with van der Waals surface area (Å²) in [7, 11) is -15.0.